The number of aliphatic carboxylic acids is 1. The number of amides is 2. The molecule has 2 N–H and O–H groups in total. The molecular formula is C15H23N5O3. The van der Waals surface area contributed by atoms with Crippen LogP contribution < -0.4 is 10.2 Å². The van der Waals surface area contributed by atoms with E-state index >= 15 is 0 Å². The van der Waals surface area contributed by atoms with Crippen molar-refractivity contribution in [1.82, 2.24) is 20.0 Å². The zero-order valence-electron chi connectivity index (χ0n) is 13.3. The van der Waals surface area contributed by atoms with E-state index in [2.05, 4.69) is 15.3 Å². The van der Waals surface area contributed by atoms with Gasteiger partial charge in [-0.1, -0.05) is 0 Å². The van der Waals surface area contributed by atoms with Gasteiger partial charge in [0.2, 0.25) is 0 Å². The summed E-state index contributed by atoms with van der Waals surface area (Å²) in [6.07, 6.45) is 6.30. The van der Waals surface area contributed by atoms with Gasteiger partial charge in [-0.3, -0.25) is 9.48 Å². The van der Waals surface area contributed by atoms with Crippen molar-refractivity contribution in [3.8, 4) is 0 Å². The van der Waals surface area contributed by atoms with Gasteiger partial charge in [0.25, 0.3) is 0 Å². The van der Waals surface area contributed by atoms with E-state index < -0.39 is 11.9 Å². The molecule has 0 spiro atoms. The van der Waals surface area contributed by atoms with Gasteiger partial charge in [-0.15, -0.1) is 0 Å². The van der Waals surface area contributed by atoms with E-state index in [1.54, 1.807) is 9.58 Å². The first-order valence-corrected chi connectivity index (χ1v) is 8.05. The minimum Gasteiger partial charge on any atom is -0.481 e. The summed E-state index contributed by atoms with van der Waals surface area (Å²) in [5.74, 6) is -1.25. The molecule has 0 saturated carbocycles. The number of aryl methyl sites for hydroxylation is 1. The maximum Gasteiger partial charge on any atom is 0.317 e. The number of aromatic nitrogens is 2. The molecule has 0 aliphatic carbocycles. The largest absolute Gasteiger partial charge is 0.481 e. The highest BCUT2D eigenvalue weighted by molar-refractivity contribution is 5.77. The summed E-state index contributed by atoms with van der Waals surface area (Å²) < 4.78 is 1.77. The van der Waals surface area contributed by atoms with E-state index in [4.69, 9.17) is 5.11 Å². The first-order valence-electron chi connectivity index (χ1n) is 8.05. The highest BCUT2D eigenvalue weighted by Crippen LogP contribution is 2.20. The van der Waals surface area contributed by atoms with Gasteiger partial charge >= 0.3 is 12.0 Å². The molecule has 126 valence electrons. The molecule has 1 aromatic heterocycles. The first-order chi connectivity index (χ1) is 11.0. The van der Waals surface area contributed by atoms with Crippen LogP contribution in [0.5, 0.6) is 0 Å². The Morgan fingerprint density at radius 1 is 1.30 bits per heavy atom. The third kappa shape index (κ3) is 3.57. The van der Waals surface area contributed by atoms with Crippen LogP contribution in [-0.2, 0) is 11.8 Å². The van der Waals surface area contributed by atoms with Crippen molar-refractivity contribution in [3.63, 3.8) is 0 Å². The van der Waals surface area contributed by atoms with Crippen LogP contribution >= 0.6 is 0 Å². The van der Waals surface area contributed by atoms with Gasteiger partial charge in [0, 0.05) is 45.5 Å². The second-order valence-electron chi connectivity index (χ2n) is 6.38. The number of hydrogen-bond donors (Lipinski definition) is 2. The number of carboxylic acids is 1. The van der Waals surface area contributed by atoms with Crippen LogP contribution in [0, 0.1) is 5.92 Å². The number of carboxylic acid groups (broad SMARTS) is 1. The van der Waals surface area contributed by atoms with Gasteiger partial charge in [-0.2, -0.15) is 5.10 Å². The number of piperidine rings is 1. The van der Waals surface area contributed by atoms with E-state index in [0.29, 0.717) is 19.5 Å². The lowest BCUT2D eigenvalue weighted by Crippen LogP contribution is -2.51. The highest BCUT2D eigenvalue weighted by atomic mass is 16.4. The number of hydrogen-bond acceptors (Lipinski definition) is 4. The number of anilines is 1. The van der Waals surface area contributed by atoms with Crippen LogP contribution in [0.15, 0.2) is 12.4 Å². The third-order valence-electron chi connectivity index (χ3n) is 4.63. The number of carbonyl (C=O) groups excluding carboxylic acids is 1. The van der Waals surface area contributed by atoms with Crippen LogP contribution in [0.3, 0.4) is 0 Å². The Balaban J connectivity index is 1.53. The predicted molar refractivity (Wildman–Crippen MR) is 84.3 cm³/mol. The molecule has 2 aliphatic heterocycles. The van der Waals surface area contributed by atoms with E-state index in [-0.39, 0.29) is 12.1 Å². The predicted octanol–water partition coefficient (Wildman–Crippen LogP) is 0.505. The number of rotatable bonds is 3. The molecule has 23 heavy (non-hydrogen) atoms. The lowest BCUT2D eigenvalue weighted by molar-refractivity contribution is -0.141. The Morgan fingerprint density at radius 3 is 2.78 bits per heavy atom. The molecule has 1 aromatic rings. The molecule has 2 aliphatic rings. The molecule has 8 heteroatoms. The Kier molecular flexibility index (Phi) is 4.40. The summed E-state index contributed by atoms with van der Waals surface area (Å²) >= 11 is 0. The van der Waals surface area contributed by atoms with E-state index in [9.17, 15) is 9.59 Å². The van der Waals surface area contributed by atoms with Gasteiger partial charge in [-0.05, 0) is 19.3 Å². The molecule has 3 rings (SSSR count). The number of carbonyl (C=O) groups is 2. The van der Waals surface area contributed by atoms with Gasteiger partial charge in [0.15, 0.2) is 0 Å². The average molecular weight is 321 g/mol. The van der Waals surface area contributed by atoms with Gasteiger partial charge in [-0.25, -0.2) is 4.79 Å². The van der Waals surface area contributed by atoms with Gasteiger partial charge < -0.3 is 20.2 Å². The van der Waals surface area contributed by atoms with Crippen molar-refractivity contribution in [3.05, 3.63) is 12.4 Å². The van der Waals surface area contributed by atoms with Crippen molar-refractivity contribution < 1.29 is 14.7 Å². The Bertz CT molecular complexity index is 587. The van der Waals surface area contributed by atoms with Crippen molar-refractivity contribution in [2.75, 3.05) is 31.1 Å². The maximum atomic E-state index is 12.3. The standard InChI is InChI=1S/C15H23N5O3/c1-18-10-13(7-16-18)19-5-2-3-12(9-19)17-15(23)20-6-4-11(8-20)14(21)22/h7,10-12H,2-6,8-9H2,1H3,(H,17,23)(H,21,22). The summed E-state index contributed by atoms with van der Waals surface area (Å²) in [6, 6.07) is -0.0629. The topological polar surface area (TPSA) is 90.7 Å². The summed E-state index contributed by atoms with van der Waals surface area (Å²) in [6.45, 7) is 2.54. The van der Waals surface area contributed by atoms with Gasteiger partial charge in [0.05, 0.1) is 17.8 Å². The molecule has 0 radical (unpaired) electrons. The van der Waals surface area contributed by atoms with Crippen LogP contribution in [-0.4, -0.2) is 64.0 Å². The molecule has 3 heterocycles. The molecule has 0 aromatic carbocycles. The number of likely N-dealkylation sites (tertiary alicyclic amines) is 1. The minimum absolute atomic E-state index is 0.0836. The number of urea groups is 1. The van der Waals surface area contributed by atoms with Crippen molar-refractivity contribution in [1.29, 1.82) is 0 Å². The fourth-order valence-corrected chi connectivity index (χ4v) is 3.31. The lowest BCUT2D eigenvalue weighted by atomic mass is 10.1. The monoisotopic (exact) mass is 321 g/mol. The number of nitrogens with one attached hydrogen (secondary N) is 1. The van der Waals surface area contributed by atoms with Gasteiger partial charge in [0.1, 0.15) is 0 Å². The van der Waals surface area contributed by atoms with Crippen LogP contribution in [0.25, 0.3) is 0 Å². The van der Waals surface area contributed by atoms with Crippen molar-refractivity contribution in [2.45, 2.75) is 25.3 Å². The molecule has 2 fully saturated rings. The van der Waals surface area contributed by atoms with E-state index in [1.165, 1.54) is 0 Å². The Morgan fingerprint density at radius 2 is 2.13 bits per heavy atom. The summed E-state index contributed by atoms with van der Waals surface area (Å²) in [7, 11) is 1.89. The first kappa shape index (κ1) is 15.6. The van der Waals surface area contributed by atoms with Crippen LogP contribution in [0.1, 0.15) is 19.3 Å². The molecule has 8 nitrogen and oxygen atoms in total. The average Bonchev–Trinajstić information content (AvgIpc) is 3.16. The number of nitrogens with zero attached hydrogens (tertiary/aromatic N) is 4. The van der Waals surface area contributed by atoms with Crippen molar-refractivity contribution in [2.24, 2.45) is 13.0 Å². The van der Waals surface area contributed by atoms with Crippen LogP contribution in [0.4, 0.5) is 10.5 Å². The fourth-order valence-electron chi connectivity index (χ4n) is 3.31. The smallest absolute Gasteiger partial charge is 0.317 e. The zero-order chi connectivity index (χ0) is 16.4. The van der Waals surface area contributed by atoms with Crippen LogP contribution in [0.2, 0.25) is 0 Å². The van der Waals surface area contributed by atoms with E-state index in [1.807, 2.05) is 19.4 Å². The highest BCUT2D eigenvalue weighted by Gasteiger charge is 2.32. The molecule has 0 bridgehead atoms. The maximum absolute atomic E-state index is 12.3. The Labute approximate surface area is 135 Å². The summed E-state index contributed by atoms with van der Waals surface area (Å²) in [5.41, 5.74) is 1.07. The van der Waals surface area contributed by atoms with Crippen molar-refractivity contribution >= 4 is 17.7 Å². The second-order valence-corrected chi connectivity index (χ2v) is 6.38. The molecule has 2 saturated heterocycles. The lowest BCUT2D eigenvalue weighted by Gasteiger charge is -2.34. The molecule has 2 amide bonds. The molecule has 2 atom stereocenters. The molecular weight excluding hydrogens is 298 g/mol. The summed E-state index contributed by atoms with van der Waals surface area (Å²) in [4.78, 5) is 27.1. The summed E-state index contributed by atoms with van der Waals surface area (Å²) in [5, 5.41) is 16.3. The third-order valence-corrected chi connectivity index (χ3v) is 4.63. The minimum atomic E-state index is -0.819. The normalized spacial score (nSPS) is 24.7. The Hall–Kier alpha value is -2.25. The van der Waals surface area contributed by atoms with E-state index in [0.717, 1.165) is 31.6 Å². The fraction of sp³-hybridized carbons (Fsp3) is 0.667. The molecule has 2 unspecified atom stereocenters. The zero-order valence-corrected chi connectivity index (χ0v) is 13.3. The second kappa shape index (κ2) is 6.47. The quantitative estimate of drug-likeness (QED) is 0.846. The SMILES string of the molecule is Cn1cc(N2CCCC(NC(=O)N3CCC(C(=O)O)C3)C2)cn1.